The molecule has 200 valence electrons. The summed E-state index contributed by atoms with van der Waals surface area (Å²) in [6.45, 7) is 7.44. The van der Waals surface area contributed by atoms with Crippen molar-refractivity contribution in [2.45, 2.75) is 88.2 Å². The van der Waals surface area contributed by atoms with Crippen molar-refractivity contribution in [3.8, 4) is 5.75 Å². The maximum absolute atomic E-state index is 13.5. The molecular weight excluding hydrogens is 504 g/mol. The Labute approximate surface area is 209 Å². The van der Waals surface area contributed by atoms with Crippen molar-refractivity contribution in [2.75, 3.05) is 18.1 Å². The van der Waals surface area contributed by atoms with Crippen molar-refractivity contribution < 1.29 is 35.3 Å². The fourth-order valence-electron chi connectivity index (χ4n) is 5.59. The molecule has 4 rings (SSSR count). The predicted octanol–water partition coefficient (Wildman–Crippen LogP) is 6.45. The minimum absolute atomic E-state index is 0.0407. The standard InChI is InChI=1S/C16H25OS.C9H12F4O3S/c1-4-5-8-17-16-13(2)11-15(12-14(16)3)18-9-6-7-10-18;10-8(11,9(12,13)17(14,15)16)7-4-5-1-2-6(7)3-5/h11-12H,4-10H2,1-3H3;5-7H,1-4H2,(H,14,15,16)/q+1;/p-1. The van der Waals surface area contributed by atoms with Gasteiger partial charge in [-0.15, -0.1) is 0 Å². The highest BCUT2D eigenvalue weighted by molar-refractivity contribution is 7.97. The third-order valence-electron chi connectivity index (χ3n) is 7.45. The molecule has 3 atom stereocenters. The average molecular weight is 541 g/mol. The van der Waals surface area contributed by atoms with E-state index in [-0.39, 0.29) is 12.3 Å². The Morgan fingerprint density at radius 1 is 1.06 bits per heavy atom. The van der Waals surface area contributed by atoms with E-state index >= 15 is 0 Å². The highest BCUT2D eigenvalue weighted by atomic mass is 32.2. The van der Waals surface area contributed by atoms with Crippen LogP contribution in [0.3, 0.4) is 0 Å². The molecule has 0 aromatic heterocycles. The molecule has 35 heavy (non-hydrogen) atoms. The molecule has 1 heterocycles. The Bertz CT molecular complexity index is 955. The number of fused-ring (bicyclic) bond motifs is 2. The zero-order valence-electron chi connectivity index (χ0n) is 20.6. The second kappa shape index (κ2) is 11.2. The van der Waals surface area contributed by atoms with E-state index in [1.54, 1.807) is 4.90 Å². The monoisotopic (exact) mass is 540 g/mol. The zero-order chi connectivity index (χ0) is 26.0. The zero-order valence-corrected chi connectivity index (χ0v) is 22.3. The summed E-state index contributed by atoms with van der Waals surface area (Å²) in [5, 5.41) is -5.52. The molecule has 3 fully saturated rings. The minimum atomic E-state index is -6.35. The molecule has 0 spiro atoms. The third-order valence-corrected chi connectivity index (χ3v) is 10.8. The summed E-state index contributed by atoms with van der Waals surface area (Å²) in [5.74, 6) is -3.18. The molecule has 3 aliphatic rings. The Morgan fingerprint density at radius 3 is 2.11 bits per heavy atom. The molecule has 0 N–H and O–H groups in total. The van der Waals surface area contributed by atoms with E-state index in [1.807, 2.05) is 0 Å². The first-order valence-electron chi connectivity index (χ1n) is 12.4. The molecule has 2 saturated carbocycles. The Morgan fingerprint density at radius 2 is 1.66 bits per heavy atom. The van der Waals surface area contributed by atoms with Gasteiger partial charge in [0.1, 0.15) is 17.3 Å². The SMILES string of the molecule is CCCCOc1c(C)cc([S+]2CCCC2)cc1C.O=S(=O)([O-])C(F)(F)C(F)(F)C1CC2CCC1C2. The number of ether oxygens (including phenoxy) is 1. The number of alkyl halides is 4. The van der Waals surface area contributed by atoms with Gasteiger partial charge in [0.05, 0.1) is 6.61 Å². The molecule has 2 aliphatic carbocycles. The van der Waals surface area contributed by atoms with Crippen LogP contribution in [-0.4, -0.2) is 42.3 Å². The molecular formula is C25H36F4O4S2. The first-order valence-corrected chi connectivity index (χ1v) is 15.4. The maximum atomic E-state index is 13.5. The second-order valence-electron chi connectivity index (χ2n) is 10.1. The molecule has 1 aliphatic heterocycles. The van der Waals surface area contributed by atoms with Crippen molar-refractivity contribution in [2.24, 2.45) is 17.8 Å². The second-order valence-corrected chi connectivity index (χ2v) is 13.8. The molecule has 3 unspecified atom stereocenters. The van der Waals surface area contributed by atoms with Gasteiger partial charge < -0.3 is 9.29 Å². The smallest absolute Gasteiger partial charge is 0.396 e. The number of benzene rings is 1. The number of hydrogen-bond donors (Lipinski definition) is 0. The van der Waals surface area contributed by atoms with Gasteiger partial charge in [0.2, 0.25) is 0 Å². The van der Waals surface area contributed by atoms with Gasteiger partial charge in [-0.25, -0.2) is 8.42 Å². The number of rotatable bonds is 8. The summed E-state index contributed by atoms with van der Waals surface area (Å²) in [5.41, 5.74) is 2.64. The molecule has 2 bridgehead atoms. The van der Waals surface area contributed by atoms with E-state index in [0.29, 0.717) is 30.2 Å². The van der Waals surface area contributed by atoms with Gasteiger partial charge >= 0.3 is 11.2 Å². The van der Waals surface area contributed by atoms with Crippen LogP contribution in [0, 0.1) is 31.6 Å². The average Bonchev–Trinajstić information content (AvgIpc) is 3.54. The van der Waals surface area contributed by atoms with Crippen LogP contribution in [0.25, 0.3) is 0 Å². The van der Waals surface area contributed by atoms with Gasteiger partial charge in [-0.2, -0.15) is 17.6 Å². The van der Waals surface area contributed by atoms with Crippen LogP contribution in [0.4, 0.5) is 17.6 Å². The van der Waals surface area contributed by atoms with E-state index < -0.39 is 33.1 Å². The lowest BCUT2D eigenvalue weighted by Crippen LogP contribution is -2.52. The van der Waals surface area contributed by atoms with Crippen LogP contribution < -0.4 is 4.74 Å². The maximum Gasteiger partial charge on any atom is 0.396 e. The van der Waals surface area contributed by atoms with E-state index in [2.05, 4.69) is 32.9 Å². The van der Waals surface area contributed by atoms with Gasteiger partial charge in [0.25, 0.3) is 0 Å². The lowest BCUT2D eigenvalue weighted by molar-refractivity contribution is -0.202. The van der Waals surface area contributed by atoms with Crippen LogP contribution in [0.1, 0.15) is 69.4 Å². The van der Waals surface area contributed by atoms with Gasteiger partial charge in [0, 0.05) is 16.8 Å². The largest absolute Gasteiger partial charge is 0.743 e. The van der Waals surface area contributed by atoms with Crippen LogP contribution in [0.15, 0.2) is 17.0 Å². The highest BCUT2D eigenvalue weighted by Gasteiger charge is 2.68. The van der Waals surface area contributed by atoms with Gasteiger partial charge in [-0.05, 0) is 87.5 Å². The van der Waals surface area contributed by atoms with Crippen LogP contribution in [-0.2, 0) is 21.0 Å². The number of aryl methyl sites for hydroxylation is 2. The molecule has 1 aromatic carbocycles. The van der Waals surface area contributed by atoms with E-state index in [4.69, 9.17) is 4.74 Å². The molecule has 0 radical (unpaired) electrons. The highest BCUT2D eigenvalue weighted by Crippen LogP contribution is 2.58. The van der Waals surface area contributed by atoms with E-state index in [9.17, 15) is 30.5 Å². The fraction of sp³-hybridized carbons (Fsp3) is 0.760. The minimum Gasteiger partial charge on any atom is -0.743 e. The molecule has 4 nitrogen and oxygen atoms in total. The molecule has 1 aromatic rings. The van der Waals surface area contributed by atoms with Crippen LogP contribution in [0.2, 0.25) is 0 Å². The van der Waals surface area contributed by atoms with Crippen molar-refractivity contribution in [3.05, 3.63) is 23.3 Å². The topological polar surface area (TPSA) is 66.4 Å². The fourth-order valence-corrected chi connectivity index (χ4v) is 8.54. The van der Waals surface area contributed by atoms with Gasteiger partial charge in [-0.1, -0.05) is 19.8 Å². The van der Waals surface area contributed by atoms with Crippen molar-refractivity contribution >= 4 is 21.0 Å². The summed E-state index contributed by atoms with van der Waals surface area (Å²) in [7, 11) is -5.83. The van der Waals surface area contributed by atoms with Gasteiger partial charge in [-0.3, -0.25) is 0 Å². The van der Waals surface area contributed by atoms with Crippen LogP contribution in [0.5, 0.6) is 5.75 Å². The number of halogens is 4. The van der Waals surface area contributed by atoms with Crippen molar-refractivity contribution in [1.82, 2.24) is 0 Å². The van der Waals surface area contributed by atoms with Crippen molar-refractivity contribution in [1.29, 1.82) is 0 Å². The lowest BCUT2D eigenvalue weighted by Gasteiger charge is -2.36. The Balaban J connectivity index is 0.000000196. The first kappa shape index (κ1) is 28.6. The summed E-state index contributed by atoms with van der Waals surface area (Å²) in [6, 6.07) is 4.73. The Kier molecular flexibility index (Phi) is 9.12. The van der Waals surface area contributed by atoms with E-state index in [0.717, 1.165) is 18.8 Å². The Hall–Kier alpha value is -1.00. The van der Waals surface area contributed by atoms with Gasteiger partial charge in [0.15, 0.2) is 15.0 Å². The number of unbranched alkanes of at least 4 members (excludes halogenated alkanes) is 1. The normalized spacial score (nSPS) is 25.0. The lowest BCUT2D eigenvalue weighted by atomic mass is 9.84. The number of hydrogen-bond acceptors (Lipinski definition) is 4. The summed E-state index contributed by atoms with van der Waals surface area (Å²) >= 11 is 0. The summed E-state index contributed by atoms with van der Waals surface area (Å²) in [4.78, 5) is 1.56. The summed E-state index contributed by atoms with van der Waals surface area (Å²) in [6.07, 6.45) is 6.58. The van der Waals surface area contributed by atoms with Crippen molar-refractivity contribution in [3.63, 3.8) is 0 Å². The van der Waals surface area contributed by atoms with Crippen LogP contribution >= 0.6 is 0 Å². The molecule has 10 heteroatoms. The molecule has 1 saturated heterocycles. The predicted molar refractivity (Wildman–Crippen MR) is 129 cm³/mol. The quantitative estimate of drug-likeness (QED) is 0.165. The summed E-state index contributed by atoms with van der Waals surface area (Å²) < 4.78 is 89.9. The van der Waals surface area contributed by atoms with E-state index in [1.165, 1.54) is 41.9 Å². The first-order chi connectivity index (χ1) is 16.3. The molecule has 0 amide bonds. The third kappa shape index (κ3) is 6.12.